The second kappa shape index (κ2) is 6.12. The quantitative estimate of drug-likeness (QED) is 0.768. The fraction of sp³-hybridized carbons (Fsp3) is 0.417. The predicted octanol–water partition coefficient (Wildman–Crippen LogP) is 1.48. The lowest BCUT2D eigenvalue weighted by molar-refractivity contribution is -0.149. The Balaban J connectivity index is 2.51. The van der Waals surface area contributed by atoms with Crippen molar-refractivity contribution in [2.24, 2.45) is 5.73 Å². The normalized spacial score (nSPS) is 10.2. The SMILES string of the molecule is CC(C)OC(=O)COc1ccccc1CN. The zero-order valence-electron chi connectivity index (χ0n) is 9.60. The zero-order valence-corrected chi connectivity index (χ0v) is 9.60. The molecule has 1 aromatic carbocycles. The Morgan fingerprint density at radius 3 is 2.69 bits per heavy atom. The maximum Gasteiger partial charge on any atom is 0.344 e. The van der Waals surface area contributed by atoms with Crippen LogP contribution < -0.4 is 10.5 Å². The molecule has 0 fully saturated rings. The fourth-order valence-electron chi connectivity index (χ4n) is 1.25. The number of hydrogen-bond acceptors (Lipinski definition) is 4. The first-order chi connectivity index (χ1) is 7.63. The van der Waals surface area contributed by atoms with Crippen LogP contribution in [-0.4, -0.2) is 18.7 Å². The third kappa shape index (κ3) is 3.90. The van der Waals surface area contributed by atoms with Crippen LogP contribution in [0.2, 0.25) is 0 Å². The van der Waals surface area contributed by atoms with Crippen molar-refractivity contribution in [3.8, 4) is 5.75 Å². The van der Waals surface area contributed by atoms with Gasteiger partial charge in [-0.1, -0.05) is 18.2 Å². The van der Waals surface area contributed by atoms with Gasteiger partial charge in [0, 0.05) is 12.1 Å². The number of para-hydroxylation sites is 1. The van der Waals surface area contributed by atoms with Gasteiger partial charge < -0.3 is 15.2 Å². The summed E-state index contributed by atoms with van der Waals surface area (Å²) in [6.45, 7) is 3.89. The van der Waals surface area contributed by atoms with E-state index < -0.39 is 0 Å². The van der Waals surface area contributed by atoms with Crippen molar-refractivity contribution in [3.05, 3.63) is 29.8 Å². The Labute approximate surface area is 95.3 Å². The molecule has 16 heavy (non-hydrogen) atoms. The fourth-order valence-corrected chi connectivity index (χ4v) is 1.25. The van der Waals surface area contributed by atoms with Crippen molar-refractivity contribution in [2.75, 3.05) is 6.61 Å². The molecule has 0 aliphatic carbocycles. The van der Waals surface area contributed by atoms with Crippen molar-refractivity contribution >= 4 is 5.97 Å². The third-order valence-corrected chi connectivity index (χ3v) is 1.91. The van der Waals surface area contributed by atoms with E-state index in [4.69, 9.17) is 15.2 Å². The van der Waals surface area contributed by atoms with Gasteiger partial charge in [-0.05, 0) is 19.9 Å². The Morgan fingerprint density at radius 2 is 2.06 bits per heavy atom. The molecular formula is C12H17NO3. The highest BCUT2D eigenvalue weighted by atomic mass is 16.6. The van der Waals surface area contributed by atoms with Crippen molar-refractivity contribution in [3.63, 3.8) is 0 Å². The van der Waals surface area contributed by atoms with Gasteiger partial charge in [0.25, 0.3) is 0 Å². The standard InChI is InChI=1S/C12H17NO3/c1-9(2)16-12(14)8-15-11-6-4-3-5-10(11)7-13/h3-6,9H,7-8,13H2,1-2H3. The average molecular weight is 223 g/mol. The lowest BCUT2D eigenvalue weighted by Crippen LogP contribution is -2.19. The molecule has 0 aliphatic rings. The first kappa shape index (κ1) is 12.5. The van der Waals surface area contributed by atoms with E-state index in [-0.39, 0.29) is 18.7 Å². The zero-order chi connectivity index (χ0) is 12.0. The maximum atomic E-state index is 11.2. The molecule has 4 heteroatoms. The van der Waals surface area contributed by atoms with Gasteiger partial charge in [-0.2, -0.15) is 0 Å². The van der Waals surface area contributed by atoms with E-state index in [9.17, 15) is 4.79 Å². The molecule has 0 heterocycles. The van der Waals surface area contributed by atoms with E-state index in [0.717, 1.165) is 5.56 Å². The highest BCUT2D eigenvalue weighted by Crippen LogP contribution is 2.16. The van der Waals surface area contributed by atoms with Crippen LogP contribution in [0.25, 0.3) is 0 Å². The second-order valence-electron chi connectivity index (χ2n) is 3.64. The Bertz CT molecular complexity index is 350. The topological polar surface area (TPSA) is 61.5 Å². The largest absolute Gasteiger partial charge is 0.482 e. The van der Waals surface area contributed by atoms with Crippen LogP contribution in [0.4, 0.5) is 0 Å². The average Bonchev–Trinajstić information content (AvgIpc) is 2.26. The van der Waals surface area contributed by atoms with E-state index in [1.54, 1.807) is 19.9 Å². The molecule has 88 valence electrons. The number of rotatable bonds is 5. The smallest absolute Gasteiger partial charge is 0.344 e. The minimum atomic E-state index is -0.373. The highest BCUT2D eigenvalue weighted by Gasteiger charge is 2.08. The number of hydrogen-bond donors (Lipinski definition) is 1. The first-order valence-electron chi connectivity index (χ1n) is 5.23. The van der Waals surface area contributed by atoms with Crippen LogP contribution in [0.3, 0.4) is 0 Å². The van der Waals surface area contributed by atoms with Crippen molar-refractivity contribution < 1.29 is 14.3 Å². The minimum absolute atomic E-state index is 0.0881. The van der Waals surface area contributed by atoms with Gasteiger partial charge in [0.1, 0.15) is 5.75 Å². The summed E-state index contributed by atoms with van der Waals surface area (Å²) >= 11 is 0. The van der Waals surface area contributed by atoms with E-state index in [2.05, 4.69) is 0 Å². The molecule has 0 bridgehead atoms. The van der Waals surface area contributed by atoms with Crippen LogP contribution in [0, 0.1) is 0 Å². The van der Waals surface area contributed by atoms with Crippen LogP contribution in [0.5, 0.6) is 5.75 Å². The number of nitrogens with two attached hydrogens (primary N) is 1. The Hall–Kier alpha value is -1.55. The van der Waals surface area contributed by atoms with E-state index >= 15 is 0 Å². The van der Waals surface area contributed by atoms with Gasteiger partial charge >= 0.3 is 5.97 Å². The molecule has 0 spiro atoms. The third-order valence-electron chi connectivity index (χ3n) is 1.91. The van der Waals surface area contributed by atoms with Gasteiger partial charge in [0.05, 0.1) is 6.10 Å². The molecule has 0 saturated carbocycles. The number of esters is 1. The summed E-state index contributed by atoms with van der Waals surface area (Å²) in [7, 11) is 0. The van der Waals surface area contributed by atoms with Crippen molar-refractivity contribution in [1.29, 1.82) is 0 Å². The van der Waals surface area contributed by atoms with Gasteiger partial charge in [-0.25, -0.2) is 4.79 Å². The van der Waals surface area contributed by atoms with E-state index in [1.165, 1.54) is 0 Å². The van der Waals surface area contributed by atoms with E-state index in [1.807, 2.05) is 18.2 Å². The van der Waals surface area contributed by atoms with E-state index in [0.29, 0.717) is 12.3 Å². The summed E-state index contributed by atoms with van der Waals surface area (Å²) in [4.78, 5) is 11.2. The molecular weight excluding hydrogens is 206 g/mol. The van der Waals surface area contributed by atoms with Crippen LogP contribution >= 0.6 is 0 Å². The van der Waals surface area contributed by atoms with Crippen LogP contribution in [-0.2, 0) is 16.1 Å². The minimum Gasteiger partial charge on any atom is -0.482 e. The lowest BCUT2D eigenvalue weighted by atomic mass is 10.2. The van der Waals surface area contributed by atoms with Crippen molar-refractivity contribution in [1.82, 2.24) is 0 Å². The van der Waals surface area contributed by atoms with Crippen molar-refractivity contribution in [2.45, 2.75) is 26.5 Å². The number of ether oxygens (including phenoxy) is 2. The van der Waals surface area contributed by atoms with Gasteiger partial charge in [-0.3, -0.25) is 0 Å². The summed E-state index contributed by atoms with van der Waals surface area (Å²) in [5.74, 6) is 0.257. The monoisotopic (exact) mass is 223 g/mol. The molecule has 1 rings (SSSR count). The van der Waals surface area contributed by atoms with Crippen LogP contribution in [0.1, 0.15) is 19.4 Å². The van der Waals surface area contributed by atoms with Gasteiger partial charge in [0.2, 0.25) is 0 Å². The summed E-state index contributed by atoms with van der Waals surface area (Å²) in [5, 5.41) is 0. The highest BCUT2D eigenvalue weighted by molar-refractivity contribution is 5.71. The summed E-state index contributed by atoms with van der Waals surface area (Å²) in [6, 6.07) is 7.36. The number of benzene rings is 1. The maximum absolute atomic E-state index is 11.2. The summed E-state index contributed by atoms with van der Waals surface area (Å²) in [5.41, 5.74) is 6.42. The Kier molecular flexibility index (Phi) is 4.79. The second-order valence-corrected chi connectivity index (χ2v) is 3.64. The summed E-state index contributed by atoms with van der Waals surface area (Å²) < 4.78 is 10.3. The molecule has 2 N–H and O–H groups in total. The number of carbonyl (C=O) groups excluding carboxylic acids is 1. The molecule has 0 aliphatic heterocycles. The molecule has 1 aromatic rings. The summed E-state index contributed by atoms with van der Waals surface area (Å²) in [6.07, 6.45) is -0.124. The lowest BCUT2D eigenvalue weighted by Gasteiger charge is -2.11. The number of carbonyl (C=O) groups is 1. The van der Waals surface area contributed by atoms with Crippen LogP contribution in [0.15, 0.2) is 24.3 Å². The predicted molar refractivity (Wildman–Crippen MR) is 61.1 cm³/mol. The molecule has 0 saturated heterocycles. The Morgan fingerprint density at radius 1 is 1.38 bits per heavy atom. The molecule has 0 aromatic heterocycles. The first-order valence-corrected chi connectivity index (χ1v) is 5.23. The van der Waals surface area contributed by atoms with Gasteiger partial charge in [-0.15, -0.1) is 0 Å². The molecule has 0 atom stereocenters. The molecule has 4 nitrogen and oxygen atoms in total. The molecule has 0 radical (unpaired) electrons. The molecule has 0 amide bonds. The molecule has 0 unspecified atom stereocenters. The van der Waals surface area contributed by atoms with Gasteiger partial charge in [0.15, 0.2) is 6.61 Å².